The van der Waals surface area contributed by atoms with Crippen LogP contribution in [0.1, 0.15) is 32.8 Å². The van der Waals surface area contributed by atoms with E-state index in [9.17, 15) is 19.5 Å². The molecule has 0 fully saturated rings. The first-order chi connectivity index (χ1) is 13.2. The van der Waals surface area contributed by atoms with Gasteiger partial charge in [-0.3, -0.25) is 0 Å². The fourth-order valence-corrected chi connectivity index (χ4v) is 2.86. The topological polar surface area (TPSA) is 114 Å². The van der Waals surface area contributed by atoms with E-state index in [-0.39, 0.29) is 13.0 Å². The summed E-state index contributed by atoms with van der Waals surface area (Å²) in [5.41, 5.74) is 0.215. The summed E-state index contributed by atoms with van der Waals surface area (Å²) >= 11 is 1.47. The van der Waals surface area contributed by atoms with E-state index in [2.05, 4.69) is 10.6 Å². The lowest BCUT2D eigenvalue weighted by Gasteiger charge is -2.21. The van der Waals surface area contributed by atoms with E-state index >= 15 is 0 Å². The molecule has 3 N–H and O–H groups in total. The molecule has 28 heavy (non-hydrogen) atoms. The minimum Gasteiger partial charge on any atom is -0.480 e. The van der Waals surface area contributed by atoms with E-state index in [4.69, 9.17) is 9.47 Å². The average Bonchev–Trinajstić information content (AvgIpc) is 2.61. The van der Waals surface area contributed by atoms with Gasteiger partial charge in [-0.2, -0.15) is 11.8 Å². The largest absolute Gasteiger partial charge is 0.480 e. The number of amides is 2. The molecule has 0 saturated carbocycles. The maximum Gasteiger partial charge on any atom is 0.408 e. The van der Waals surface area contributed by atoms with Crippen LogP contribution in [0, 0.1) is 0 Å². The lowest BCUT2D eigenvalue weighted by Crippen LogP contribution is -2.43. The third kappa shape index (κ3) is 11.3. The second kappa shape index (κ2) is 12.1. The van der Waals surface area contributed by atoms with Gasteiger partial charge in [0.25, 0.3) is 0 Å². The molecule has 0 aliphatic carbocycles. The fourth-order valence-electron chi connectivity index (χ4n) is 2.01. The number of rotatable bonds is 10. The third-order valence-corrected chi connectivity index (χ3v) is 4.29. The van der Waals surface area contributed by atoms with Gasteiger partial charge in [0.1, 0.15) is 18.2 Å². The number of thioether (sulfide) groups is 1. The molecule has 0 unspecified atom stereocenters. The van der Waals surface area contributed by atoms with E-state index in [0.29, 0.717) is 18.1 Å². The van der Waals surface area contributed by atoms with Crippen molar-refractivity contribution in [2.24, 2.45) is 0 Å². The highest BCUT2D eigenvalue weighted by Gasteiger charge is 2.23. The van der Waals surface area contributed by atoms with Crippen LogP contribution < -0.4 is 10.6 Å². The van der Waals surface area contributed by atoms with Crippen LogP contribution in [0.15, 0.2) is 30.3 Å². The van der Waals surface area contributed by atoms with Crippen LogP contribution in [0.4, 0.5) is 9.59 Å². The summed E-state index contributed by atoms with van der Waals surface area (Å²) in [6.45, 7) is 5.72. The van der Waals surface area contributed by atoms with Crippen molar-refractivity contribution < 1.29 is 29.0 Å². The number of alkyl carbamates (subject to hydrolysis) is 2. The van der Waals surface area contributed by atoms with Gasteiger partial charge in [-0.05, 0) is 38.5 Å². The normalized spacial score (nSPS) is 12.0. The maximum atomic E-state index is 11.7. The zero-order valence-electron chi connectivity index (χ0n) is 16.4. The number of aliphatic carboxylic acids is 1. The van der Waals surface area contributed by atoms with E-state index < -0.39 is 29.8 Å². The van der Waals surface area contributed by atoms with Gasteiger partial charge < -0.3 is 25.2 Å². The van der Waals surface area contributed by atoms with E-state index in [1.54, 1.807) is 20.8 Å². The molecule has 2 amide bonds. The van der Waals surface area contributed by atoms with E-state index in [1.807, 2.05) is 30.3 Å². The highest BCUT2D eigenvalue weighted by molar-refractivity contribution is 7.99. The lowest BCUT2D eigenvalue weighted by atomic mass is 10.2. The monoisotopic (exact) mass is 412 g/mol. The molecular weight excluding hydrogens is 384 g/mol. The number of carboxylic acids is 1. The Labute approximate surface area is 169 Å². The molecule has 0 saturated heterocycles. The minimum absolute atomic E-state index is 0.205. The standard InChI is InChI=1S/C19H28N2O6S/c1-19(2,3)27-18(25)21-15(16(22)23)9-11-28-12-10-20-17(24)26-13-14-7-5-4-6-8-14/h4-8,15H,9-13H2,1-3H3,(H,20,24)(H,21,25)(H,22,23)/t15-/m0/s1. The minimum atomic E-state index is -1.12. The van der Waals surface area contributed by atoms with Gasteiger partial charge in [-0.15, -0.1) is 0 Å². The van der Waals surface area contributed by atoms with Gasteiger partial charge in [0.15, 0.2) is 0 Å². The zero-order valence-corrected chi connectivity index (χ0v) is 17.2. The molecule has 156 valence electrons. The molecule has 0 radical (unpaired) electrons. The number of carbonyl (C=O) groups is 3. The highest BCUT2D eigenvalue weighted by atomic mass is 32.2. The van der Waals surface area contributed by atoms with Crippen molar-refractivity contribution in [1.29, 1.82) is 0 Å². The SMILES string of the molecule is CC(C)(C)OC(=O)N[C@@H](CCSCCNC(=O)OCc1ccccc1)C(=O)O. The lowest BCUT2D eigenvalue weighted by molar-refractivity contribution is -0.139. The molecule has 0 heterocycles. The van der Waals surface area contributed by atoms with Crippen molar-refractivity contribution in [2.45, 2.75) is 45.4 Å². The maximum absolute atomic E-state index is 11.7. The average molecular weight is 413 g/mol. The molecule has 1 atom stereocenters. The Bertz CT molecular complexity index is 633. The smallest absolute Gasteiger partial charge is 0.408 e. The first-order valence-corrected chi connectivity index (χ1v) is 10.1. The van der Waals surface area contributed by atoms with Crippen LogP contribution in [-0.2, 0) is 20.9 Å². The van der Waals surface area contributed by atoms with Crippen molar-refractivity contribution >= 4 is 29.9 Å². The molecule has 1 aromatic carbocycles. The van der Waals surface area contributed by atoms with Crippen LogP contribution in [0.3, 0.4) is 0 Å². The molecule has 0 aliphatic heterocycles. The highest BCUT2D eigenvalue weighted by Crippen LogP contribution is 2.09. The molecule has 8 nitrogen and oxygen atoms in total. The Kier molecular flexibility index (Phi) is 10.2. The number of carboxylic acid groups (broad SMARTS) is 1. The number of ether oxygens (including phenoxy) is 2. The Morgan fingerprint density at radius 3 is 2.39 bits per heavy atom. The summed E-state index contributed by atoms with van der Waals surface area (Å²) in [7, 11) is 0. The van der Waals surface area contributed by atoms with Crippen LogP contribution >= 0.6 is 11.8 Å². The van der Waals surface area contributed by atoms with Crippen molar-refractivity contribution in [3.63, 3.8) is 0 Å². The number of benzene rings is 1. The van der Waals surface area contributed by atoms with Gasteiger partial charge in [0.05, 0.1) is 0 Å². The van der Waals surface area contributed by atoms with Crippen molar-refractivity contribution in [3.8, 4) is 0 Å². The van der Waals surface area contributed by atoms with Crippen LogP contribution in [0.2, 0.25) is 0 Å². The van der Waals surface area contributed by atoms with Crippen molar-refractivity contribution in [1.82, 2.24) is 10.6 Å². The summed E-state index contributed by atoms with van der Waals surface area (Å²) in [5.74, 6) is -0.0127. The quantitative estimate of drug-likeness (QED) is 0.506. The number of nitrogens with one attached hydrogen (secondary N) is 2. The second-order valence-electron chi connectivity index (χ2n) is 6.93. The van der Waals surface area contributed by atoms with Gasteiger partial charge >= 0.3 is 18.2 Å². The summed E-state index contributed by atoms with van der Waals surface area (Å²) in [6, 6.07) is 8.34. The summed E-state index contributed by atoms with van der Waals surface area (Å²) in [6.07, 6.45) is -1.01. The molecule has 9 heteroatoms. The first kappa shape index (κ1) is 23.6. The zero-order chi connectivity index (χ0) is 21.0. The van der Waals surface area contributed by atoms with Gasteiger partial charge in [0, 0.05) is 12.3 Å². The molecule has 0 bridgehead atoms. The molecule has 1 rings (SSSR count). The summed E-state index contributed by atoms with van der Waals surface area (Å²) < 4.78 is 10.2. The summed E-state index contributed by atoms with van der Waals surface area (Å²) in [4.78, 5) is 34.5. The number of carbonyl (C=O) groups excluding carboxylic acids is 2. The molecule has 0 aromatic heterocycles. The number of hydrogen-bond donors (Lipinski definition) is 3. The fraction of sp³-hybridized carbons (Fsp3) is 0.526. The van der Waals surface area contributed by atoms with Gasteiger partial charge in [-0.25, -0.2) is 14.4 Å². The Morgan fingerprint density at radius 2 is 1.79 bits per heavy atom. The van der Waals surface area contributed by atoms with Crippen molar-refractivity contribution in [2.75, 3.05) is 18.1 Å². The Balaban J connectivity index is 2.15. The second-order valence-corrected chi connectivity index (χ2v) is 8.15. The molecular formula is C19H28N2O6S. The molecule has 0 aliphatic rings. The first-order valence-electron chi connectivity index (χ1n) is 8.92. The third-order valence-electron chi connectivity index (χ3n) is 3.27. The predicted octanol–water partition coefficient (Wildman–Crippen LogP) is 3.01. The van der Waals surface area contributed by atoms with Crippen LogP contribution in [0.5, 0.6) is 0 Å². The van der Waals surface area contributed by atoms with E-state index in [1.165, 1.54) is 11.8 Å². The van der Waals surface area contributed by atoms with Crippen molar-refractivity contribution in [3.05, 3.63) is 35.9 Å². The van der Waals surface area contributed by atoms with E-state index in [0.717, 1.165) is 5.56 Å². The van der Waals surface area contributed by atoms with Gasteiger partial charge in [0.2, 0.25) is 0 Å². The van der Waals surface area contributed by atoms with Crippen LogP contribution in [-0.4, -0.2) is 53.0 Å². The van der Waals surface area contributed by atoms with Crippen LogP contribution in [0.25, 0.3) is 0 Å². The molecule has 1 aromatic rings. The predicted molar refractivity (Wildman–Crippen MR) is 107 cm³/mol. The number of hydrogen-bond acceptors (Lipinski definition) is 6. The van der Waals surface area contributed by atoms with Gasteiger partial charge in [-0.1, -0.05) is 30.3 Å². The Morgan fingerprint density at radius 1 is 1.11 bits per heavy atom. The molecule has 0 spiro atoms. The summed E-state index contributed by atoms with van der Waals surface area (Å²) in [5, 5.41) is 14.2. The Hall–Kier alpha value is -2.42.